The first-order chi connectivity index (χ1) is 9.41. The molecule has 0 aromatic heterocycles. The number of ether oxygens (including phenoxy) is 1. The van der Waals surface area contributed by atoms with Gasteiger partial charge in [0.25, 0.3) is 0 Å². The number of nitrogens with zero attached hydrogens (tertiary/aromatic N) is 2. The number of ketones is 1. The van der Waals surface area contributed by atoms with Crippen molar-refractivity contribution in [2.24, 2.45) is 5.92 Å². The zero-order valence-electron chi connectivity index (χ0n) is 12.6. The summed E-state index contributed by atoms with van der Waals surface area (Å²) in [7, 11) is 3.44. The molecule has 0 radical (unpaired) electrons. The van der Waals surface area contributed by atoms with E-state index in [-0.39, 0.29) is 23.7 Å². The summed E-state index contributed by atoms with van der Waals surface area (Å²) >= 11 is 0. The average molecular weight is 284 g/mol. The van der Waals surface area contributed by atoms with E-state index in [1.54, 1.807) is 23.9 Å². The van der Waals surface area contributed by atoms with E-state index in [9.17, 15) is 14.4 Å². The number of urea groups is 1. The van der Waals surface area contributed by atoms with Crippen LogP contribution in [-0.2, 0) is 14.3 Å². The number of carbonyl (C=O) groups excluding carboxylic acids is 3. The molecule has 2 amide bonds. The second-order valence-corrected chi connectivity index (χ2v) is 5.41. The molecule has 6 heteroatoms. The molecule has 0 bridgehead atoms. The lowest BCUT2D eigenvalue weighted by molar-refractivity contribution is -0.150. The minimum atomic E-state index is -0.203. The van der Waals surface area contributed by atoms with Gasteiger partial charge in [-0.25, -0.2) is 4.79 Å². The predicted molar refractivity (Wildman–Crippen MR) is 74.3 cm³/mol. The van der Waals surface area contributed by atoms with Crippen LogP contribution in [-0.4, -0.2) is 61.4 Å². The monoisotopic (exact) mass is 284 g/mol. The third-order valence-electron chi connectivity index (χ3n) is 3.40. The maximum Gasteiger partial charge on any atom is 0.319 e. The number of amides is 2. The summed E-state index contributed by atoms with van der Waals surface area (Å²) in [5.41, 5.74) is 0. The van der Waals surface area contributed by atoms with Gasteiger partial charge in [0.2, 0.25) is 0 Å². The van der Waals surface area contributed by atoms with E-state index in [0.29, 0.717) is 45.4 Å². The summed E-state index contributed by atoms with van der Waals surface area (Å²) in [5, 5.41) is 0. The molecule has 0 aliphatic carbocycles. The second-order valence-electron chi connectivity index (χ2n) is 5.41. The van der Waals surface area contributed by atoms with Crippen LogP contribution in [0.25, 0.3) is 0 Å². The Balaban J connectivity index is 2.25. The molecule has 114 valence electrons. The highest BCUT2D eigenvalue weighted by Crippen LogP contribution is 2.19. The molecule has 0 N–H and O–H groups in total. The largest absolute Gasteiger partial charge is 0.465 e. The van der Waals surface area contributed by atoms with Crippen LogP contribution in [0, 0.1) is 5.92 Å². The van der Waals surface area contributed by atoms with E-state index in [4.69, 9.17) is 4.74 Å². The smallest absolute Gasteiger partial charge is 0.319 e. The highest BCUT2D eigenvalue weighted by Gasteiger charge is 2.28. The minimum Gasteiger partial charge on any atom is -0.465 e. The Morgan fingerprint density at radius 2 is 1.80 bits per heavy atom. The lowest BCUT2D eigenvalue weighted by atomic mass is 9.97. The van der Waals surface area contributed by atoms with E-state index >= 15 is 0 Å². The number of hydrogen-bond acceptors (Lipinski definition) is 4. The first-order valence-electron chi connectivity index (χ1n) is 7.04. The maximum absolute atomic E-state index is 11.8. The van der Waals surface area contributed by atoms with Gasteiger partial charge in [-0.1, -0.05) is 0 Å². The van der Waals surface area contributed by atoms with Crippen molar-refractivity contribution in [2.45, 2.75) is 32.6 Å². The fourth-order valence-corrected chi connectivity index (χ4v) is 2.20. The maximum atomic E-state index is 11.8. The Labute approximate surface area is 120 Å². The Kier molecular flexibility index (Phi) is 6.48. The molecule has 20 heavy (non-hydrogen) atoms. The van der Waals surface area contributed by atoms with Gasteiger partial charge >= 0.3 is 12.0 Å². The van der Waals surface area contributed by atoms with Crippen LogP contribution >= 0.6 is 0 Å². The SMILES string of the molecule is CC(=O)CCCOC(=O)C1CCN(C(=O)N(C)C)CC1. The van der Waals surface area contributed by atoms with E-state index < -0.39 is 0 Å². The van der Waals surface area contributed by atoms with Gasteiger partial charge in [-0.05, 0) is 26.2 Å². The van der Waals surface area contributed by atoms with Gasteiger partial charge < -0.3 is 19.3 Å². The van der Waals surface area contributed by atoms with E-state index in [1.807, 2.05) is 0 Å². The summed E-state index contributed by atoms with van der Waals surface area (Å²) in [4.78, 5) is 37.6. The number of esters is 1. The van der Waals surface area contributed by atoms with Crippen LogP contribution in [0.4, 0.5) is 4.79 Å². The molecule has 1 aliphatic rings. The van der Waals surface area contributed by atoms with Gasteiger partial charge in [-0.3, -0.25) is 4.79 Å². The van der Waals surface area contributed by atoms with E-state index in [1.165, 1.54) is 6.92 Å². The zero-order valence-corrected chi connectivity index (χ0v) is 12.6. The van der Waals surface area contributed by atoms with Crippen LogP contribution in [0.5, 0.6) is 0 Å². The van der Waals surface area contributed by atoms with Crippen LogP contribution < -0.4 is 0 Å². The first kappa shape index (κ1) is 16.5. The quantitative estimate of drug-likeness (QED) is 0.563. The Morgan fingerprint density at radius 1 is 1.20 bits per heavy atom. The summed E-state index contributed by atoms with van der Waals surface area (Å²) in [6.07, 6.45) is 2.32. The molecule has 0 unspecified atom stereocenters. The standard InChI is InChI=1S/C14H24N2O4/c1-11(17)5-4-10-20-13(18)12-6-8-16(9-7-12)14(19)15(2)3/h12H,4-10H2,1-3H3. The highest BCUT2D eigenvalue weighted by molar-refractivity contribution is 5.76. The van der Waals surface area contributed by atoms with Crippen LogP contribution in [0.15, 0.2) is 0 Å². The number of rotatable bonds is 5. The van der Waals surface area contributed by atoms with Crippen molar-refractivity contribution in [1.29, 1.82) is 0 Å². The van der Waals surface area contributed by atoms with Crippen molar-refractivity contribution in [3.8, 4) is 0 Å². The molecule has 0 aromatic carbocycles. The van der Waals surface area contributed by atoms with Crippen molar-refractivity contribution in [3.63, 3.8) is 0 Å². The number of hydrogen-bond donors (Lipinski definition) is 0. The zero-order chi connectivity index (χ0) is 15.1. The molecule has 6 nitrogen and oxygen atoms in total. The minimum absolute atomic E-state index is 0.0155. The van der Waals surface area contributed by atoms with Gasteiger partial charge in [0.05, 0.1) is 12.5 Å². The van der Waals surface area contributed by atoms with Gasteiger partial charge in [-0.2, -0.15) is 0 Å². The Bertz CT molecular complexity index is 360. The molecule has 0 saturated carbocycles. The fourth-order valence-electron chi connectivity index (χ4n) is 2.20. The molecule has 1 heterocycles. The third kappa shape index (κ3) is 5.19. The molecule has 0 aromatic rings. The molecule has 1 saturated heterocycles. The number of likely N-dealkylation sites (tertiary alicyclic amines) is 1. The van der Waals surface area contributed by atoms with E-state index in [0.717, 1.165) is 0 Å². The molecule has 0 spiro atoms. The third-order valence-corrected chi connectivity index (χ3v) is 3.40. The predicted octanol–water partition coefficient (Wildman–Crippen LogP) is 1.29. The van der Waals surface area contributed by atoms with Crippen molar-refractivity contribution in [1.82, 2.24) is 9.80 Å². The topological polar surface area (TPSA) is 66.9 Å². The normalized spacial score (nSPS) is 15.8. The van der Waals surface area contributed by atoms with Gasteiger partial charge in [0, 0.05) is 33.6 Å². The molecule has 1 fully saturated rings. The lowest BCUT2D eigenvalue weighted by Gasteiger charge is -2.32. The number of piperidine rings is 1. The fraction of sp³-hybridized carbons (Fsp3) is 0.786. The van der Waals surface area contributed by atoms with Crippen molar-refractivity contribution in [2.75, 3.05) is 33.8 Å². The van der Waals surface area contributed by atoms with Gasteiger partial charge in [0.1, 0.15) is 5.78 Å². The second kappa shape index (κ2) is 7.87. The van der Waals surface area contributed by atoms with Crippen LogP contribution in [0.2, 0.25) is 0 Å². The average Bonchev–Trinajstić information content (AvgIpc) is 2.42. The Hall–Kier alpha value is -1.59. The Morgan fingerprint density at radius 3 is 2.30 bits per heavy atom. The van der Waals surface area contributed by atoms with Gasteiger partial charge in [-0.15, -0.1) is 0 Å². The number of carbonyl (C=O) groups is 3. The van der Waals surface area contributed by atoms with Crippen LogP contribution in [0.3, 0.4) is 0 Å². The lowest BCUT2D eigenvalue weighted by Crippen LogP contribution is -2.45. The summed E-state index contributed by atoms with van der Waals surface area (Å²) in [5.74, 6) is -0.222. The molecular weight excluding hydrogens is 260 g/mol. The number of Topliss-reactive ketones (excluding diaryl/α,β-unsaturated/α-hetero) is 1. The molecular formula is C14H24N2O4. The highest BCUT2D eigenvalue weighted by atomic mass is 16.5. The van der Waals surface area contributed by atoms with Crippen molar-refractivity contribution < 1.29 is 19.1 Å². The van der Waals surface area contributed by atoms with Crippen molar-refractivity contribution in [3.05, 3.63) is 0 Å². The van der Waals surface area contributed by atoms with E-state index in [2.05, 4.69) is 0 Å². The molecule has 1 aliphatic heterocycles. The molecule has 1 rings (SSSR count). The molecule has 0 atom stereocenters. The van der Waals surface area contributed by atoms with Crippen LogP contribution in [0.1, 0.15) is 32.6 Å². The van der Waals surface area contributed by atoms with Crippen molar-refractivity contribution >= 4 is 17.8 Å². The summed E-state index contributed by atoms with van der Waals surface area (Å²) in [6, 6.07) is -0.0155. The summed E-state index contributed by atoms with van der Waals surface area (Å²) < 4.78 is 5.17. The van der Waals surface area contributed by atoms with Gasteiger partial charge in [0.15, 0.2) is 0 Å². The summed E-state index contributed by atoms with van der Waals surface area (Å²) in [6.45, 7) is 3.00. The first-order valence-corrected chi connectivity index (χ1v) is 7.04.